The number of carbonyl (C=O) groups is 10. The van der Waals surface area contributed by atoms with Gasteiger partial charge in [-0.2, -0.15) is 0 Å². The Morgan fingerprint density at radius 2 is 1.05 bits per heavy atom. The lowest BCUT2D eigenvalue weighted by Gasteiger charge is -2.26. The summed E-state index contributed by atoms with van der Waals surface area (Å²) in [5, 5.41) is 54.2. The van der Waals surface area contributed by atoms with Crippen molar-refractivity contribution in [3.05, 3.63) is 35.9 Å². The second-order valence-corrected chi connectivity index (χ2v) is 18.9. The molecule has 0 bridgehead atoms. The second-order valence-electron chi connectivity index (χ2n) is 18.9. The summed E-state index contributed by atoms with van der Waals surface area (Å²) in [6.45, 7) is 1.14. The van der Waals surface area contributed by atoms with Crippen molar-refractivity contribution in [1.29, 1.82) is 0 Å². The first-order chi connectivity index (χ1) is 36.3. The van der Waals surface area contributed by atoms with E-state index in [1.54, 1.807) is 30.3 Å². The molecule has 1 rings (SSSR count). The van der Waals surface area contributed by atoms with Crippen LogP contribution in [0, 0.1) is 0 Å². The molecule has 0 heterocycles. The van der Waals surface area contributed by atoms with Crippen LogP contribution in [-0.4, -0.2) is 161 Å². The molecule has 0 aliphatic heterocycles. The predicted octanol–water partition coefficient (Wildman–Crippen LogP) is -2.54. The van der Waals surface area contributed by atoms with Crippen LogP contribution in [0.3, 0.4) is 0 Å². The molecule has 4 unspecified atom stereocenters. The van der Waals surface area contributed by atoms with E-state index in [-0.39, 0.29) is 38.8 Å². The number of hydrazine groups is 1. The van der Waals surface area contributed by atoms with Crippen LogP contribution in [0.2, 0.25) is 0 Å². The van der Waals surface area contributed by atoms with Gasteiger partial charge in [-0.05, 0) is 38.2 Å². The molecule has 8 amide bonds. The van der Waals surface area contributed by atoms with Crippen LogP contribution < -0.4 is 60.0 Å². The van der Waals surface area contributed by atoms with Crippen LogP contribution in [0.5, 0.6) is 0 Å². The minimum atomic E-state index is -2.01. The highest BCUT2D eigenvalue weighted by atomic mass is 16.3. The van der Waals surface area contributed by atoms with Crippen molar-refractivity contribution in [2.75, 3.05) is 32.9 Å². The lowest BCUT2D eigenvalue weighted by molar-refractivity contribution is -0.143. The van der Waals surface area contributed by atoms with Crippen molar-refractivity contribution < 1.29 is 68.4 Å². The van der Waals surface area contributed by atoms with Gasteiger partial charge in [0, 0.05) is 32.4 Å². The van der Waals surface area contributed by atoms with Gasteiger partial charge >= 0.3 is 0 Å². The van der Waals surface area contributed by atoms with E-state index in [0.717, 1.165) is 38.2 Å². The third-order valence-electron chi connectivity index (χ3n) is 12.3. The smallest absolute Gasteiger partial charge is 0.245 e. The molecule has 0 aromatic heterocycles. The van der Waals surface area contributed by atoms with Crippen molar-refractivity contribution in [3.63, 3.8) is 0 Å². The van der Waals surface area contributed by atoms with Gasteiger partial charge in [-0.25, -0.2) is 10.9 Å². The van der Waals surface area contributed by atoms with Crippen LogP contribution in [0.4, 0.5) is 0 Å². The summed E-state index contributed by atoms with van der Waals surface area (Å²) in [6, 6.07) is -1.69. The van der Waals surface area contributed by atoms with Crippen LogP contribution >= 0.6 is 0 Å². The number of nitrogens with two attached hydrogens (primary N) is 3. The molecule has 0 aliphatic carbocycles. The third-order valence-corrected chi connectivity index (χ3v) is 12.3. The number of benzene rings is 1. The van der Waals surface area contributed by atoms with E-state index >= 15 is 0 Å². The number of unbranched alkanes of at least 4 members (excludes halogenated alkanes) is 13. The lowest BCUT2D eigenvalue weighted by Crippen LogP contribution is -2.62. The molecule has 1 aromatic rings. The number of hydrogen-bond acceptors (Lipinski definition) is 17. The van der Waals surface area contributed by atoms with Gasteiger partial charge in [-0.1, -0.05) is 114 Å². The summed E-state index contributed by atoms with van der Waals surface area (Å²) in [5.74, 6) is -9.56. The Balaban J connectivity index is 2.68. The maximum Gasteiger partial charge on any atom is 0.245 e. The Morgan fingerprint density at radius 3 is 1.58 bits per heavy atom. The molecule has 0 aliphatic rings. The fourth-order valence-corrected chi connectivity index (χ4v) is 7.71. The fraction of sp³-hybridized carbons (Fsp3) is 0.686. The number of rotatable bonds is 45. The zero-order valence-electron chi connectivity index (χ0n) is 44.3. The number of nitrogens with one attached hydrogen (secondary N) is 8. The van der Waals surface area contributed by atoms with E-state index in [4.69, 9.17) is 17.2 Å². The molecule has 18 N–H and O–H groups in total. The quantitative estimate of drug-likeness (QED) is 0.0182. The van der Waals surface area contributed by atoms with E-state index in [9.17, 15) is 68.4 Å². The highest BCUT2D eigenvalue weighted by Gasteiger charge is 2.38. The Hall–Kier alpha value is -5.96. The molecule has 76 heavy (non-hydrogen) atoms. The van der Waals surface area contributed by atoms with E-state index in [1.165, 1.54) is 51.4 Å². The third kappa shape index (κ3) is 29.4. The molecule has 430 valence electrons. The van der Waals surface area contributed by atoms with E-state index in [0.29, 0.717) is 19.3 Å². The number of amides is 8. The predicted molar refractivity (Wildman–Crippen MR) is 280 cm³/mol. The zero-order chi connectivity index (χ0) is 56.8. The van der Waals surface area contributed by atoms with Gasteiger partial charge in [0.25, 0.3) is 0 Å². The Kier molecular flexibility index (Phi) is 36.1. The van der Waals surface area contributed by atoms with E-state index in [2.05, 4.69) is 49.7 Å². The van der Waals surface area contributed by atoms with Crippen molar-refractivity contribution in [2.45, 2.75) is 191 Å². The number of primary amides is 2. The highest BCUT2D eigenvalue weighted by molar-refractivity contribution is 6.42. The van der Waals surface area contributed by atoms with Crippen molar-refractivity contribution in [1.82, 2.24) is 42.8 Å². The summed E-state index contributed by atoms with van der Waals surface area (Å²) in [7, 11) is 0. The first-order valence-electron chi connectivity index (χ1n) is 26.5. The number of Topliss-reactive ketones (excluding diaryl/α,β-unsaturated/α-hetero) is 2. The van der Waals surface area contributed by atoms with Crippen LogP contribution in [0.25, 0.3) is 0 Å². The molecule has 25 nitrogen and oxygen atoms in total. The number of aliphatic hydroxyl groups excluding tert-OH is 4. The van der Waals surface area contributed by atoms with Crippen molar-refractivity contribution >= 4 is 58.8 Å². The molecule has 0 fully saturated rings. The standard InChI is InChI=1S/C51H87N11O14/c1-3-4-5-6-7-8-9-10-11-12-13-14-18-23-43(69)57-39(31-64)50(75)58-37(29-41(53)67)45(70)46(71)44(33(2)66)60-51(76)40(32-65)62-61-36(47(54)72)24-25-42(68)55-26-19-20-27-56-49(74)38(59-48(73)35(52)30-63)28-34-21-16-15-17-22-34/h15-17,21-22,33,35-40,44,61-66H,3-14,18-20,23-32,52H2,1-2H3,(H2,53,67)(H2,54,72)(H,55,68)(H,56,74)(H,57,69)(H,58,75)(H,59,73)(H,60,76)/t33-,35?,36?,37+,38?,39?,40+,44+/m1/s1. The summed E-state index contributed by atoms with van der Waals surface area (Å²) >= 11 is 0. The van der Waals surface area contributed by atoms with E-state index < -0.39 is 133 Å². The van der Waals surface area contributed by atoms with Gasteiger partial charge in [-0.15, -0.1) is 0 Å². The highest BCUT2D eigenvalue weighted by Crippen LogP contribution is 2.13. The van der Waals surface area contributed by atoms with Gasteiger partial charge in [-0.3, -0.25) is 47.9 Å². The SMILES string of the molecule is CCCCCCCCCCCCCCCC(=O)NC(CO)C(=O)N[C@@H](CC(N)=O)C(=O)C(=O)[C@@H](NC(=O)[C@H](CO)NNC(CCC(=O)NCCCCNC(=O)C(Cc1ccccc1)NC(=O)C(N)CO)C(N)=O)[C@@H](C)O. The second kappa shape index (κ2) is 40.3. The molecular formula is C51H87N11O14. The Labute approximate surface area is 445 Å². The van der Waals surface area contributed by atoms with Gasteiger partial charge in [0.05, 0.1) is 32.3 Å². The minimum absolute atomic E-state index is 0.0559. The van der Waals surface area contributed by atoms with Crippen LogP contribution in [0.15, 0.2) is 30.3 Å². The molecule has 1 aromatic carbocycles. The van der Waals surface area contributed by atoms with Gasteiger partial charge < -0.3 is 69.5 Å². The van der Waals surface area contributed by atoms with Crippen molar-refractivity contribution in [2.24, 2.45) is 17.2 Å². The van der Waals surface area contributed by atoms with Crippen LogP contribution in [-0.2, 0) is 54.4 Å². The molecule has 0 radical (unpaired) electrons. The first kappa shape index (κ1) is 68.1. The van der Waals surface area contributed by atoms with Gasteiger partial charge in [0.15, 0.2) is 0 Å². The Morgan fingerprint density at radius 1 is 0.526 bits per heavy atom. The first-order valence-corrected chi connectivity index (χ1v) is 26.5. The number of hydrogen-bond donors (Lipinski definition) is 15. The average molecular weight is 1080 g/mol. The maximum atomic E-state index is 13.5. The van der Waals surface area contributed by atoms with Gasteiger partial charge in [0.1, 0.15) is 42.3 Å². The fourth-order valence-electron chi connectivity index (χ4n) is 7.71. The van der Waals surface area contributed by atoms with Gasteiger partial charge in [0.2, 0.25) is 58.8 Å². The van der Waals surface area contributed by atoms with E-state index in [1.807, 2.05) is 0 Å². The largest absolute Gasteiger partial charge is 0.394 e. The Bertz CT molecular complexity index is 1950. The van der Waals surface area contributed by atoms with Crippen LogP contribution in [0.1, 0.15) is 141 Å². The lowest BCUT2D eigenvalue weighted by atomic mass is 9.96. The number of carbonyl (C=O) groups excluding carboxylic acids is 10. The molecular weight excluding hydrogens is 991 g/mol. The topological polar surface area (TPSA) is 426 Å². The molecule has 0 saturated carbocycles. The number of aliphatic hydroxyl groups is 4. The molecule has 0 spiro atoms. The molecule has 8 atom stereocenters. The monoisotopic (exact) mass is 1080 g/mol. The molecule has 25 heteroatoms. The summed E-state index contributed by atoms with van der Waals surface area (Å²) in [5.41, 5.74) is 22.0. The average Bonchev–Trinajstić information content (AvgIpc) is 3.39. The minimum Gasteiger partial charge on any atom is -0.394 e. The molecule has 0 saturated heterocycles. The summed E-state index contributed by atoms with van der Waals surface area (Å²) in [4.78, 5) is 128. The zero-order valence-corrected chi connectivity index (χ0v) is 44.3. The summed E-state index contributed by atoms with van der Waals surface area (Å²) in [6.07, 6.45) is 12.3. The normalized spacial score (nSPS) is 14.3. The summed E-state index contributed by atoms with van der Waals surface area (Å²) < 4.78 is 0. The van der Waals surface area contributed by atoms with Crippen molar-refractivity contribution in [3.8, 4) is 0 Å². The maximum absolute atomic E-state index is 13.5. The number of ketones is 2.